The van der Waals surface area contributed by atoms with Crippen molar-refractivity contribution in [1.82, 2.24) is 19.8 Å². The van der Waals surface area contributed by atoms with Crippen molar-refractivity contribution in [3.8, 4) is 5.75 Å². The number of methoxy groups -OCH3 is 1. The summed E-state index contributed by atoms with van der Waals surface area (Å²) in [5.74, 6) is 2.62. The Morgan fingerprint density at radius 3 is 2.73 bits per heavy atom. The summed E-state index contributed by atoms with van der Waals surface area (Å²) >= 11 is 0. The van der Waals surface area contributed by atoms with Gasteiger partial charge in [-0.05, 0) is 49.3 Å². The molecule has 30 heavy (non-hydrogen) atoms. The monoisotopic (exact) mass is 410 g/mol. The molecule has 3 aliphatic rings. The van der Waals surface area contributed by atoms with Crippen LogP contribution in [0.3, 0.4) is 0 Å². The molecule has 5 rings (SSSR count). The van der Waals surface area contributed by atoms with Gasteiger partial charge in [0.25, 0.3) is 5.91 Å². The molecule has 1 atom stereocenters. The molecule has 1 aromatic heterocycles. The van der Waals surface area contributed by atoms with Crippen molar-refractivity contribution >= 4 is 5.91 Å². The third-order valence-electron chi connectivity index (χ3n) is 6.65. The normalized spacial score (nSPS) is 23.2. The lowest BCUT2D eigenvalue weighted by Crippen LogP contribution is -2.54. The summed E-state index contributed by atoms with van der Waals surface area (Å²) < 4.78 is 13.8. The lowest BCUT2D eigenvalue weighted by Gasteiger charge is -2.45. The van der Waals surface area contributed by atoms with Crippen molar-refractivity contribution in [2.24, 2.45) is 5.92 Å². The zero-order valence-corrected chi connectivity index (χ0v) is 17.5. The molecule has 1 aliphatic carbocycles. The molecule has 1 spiro atoms. The lowest BCUT2D eigenvalue weighted by atomic mass is 9.88. The molecule has 0 radical (unpaired) electrons. The maximum absolute atomic E-state index is 13.0. The third kappa shape index (κ3) is 3.96. The molecule has 2 aromatic rings. The van der Waals surface area contributed by atoms with Gasteiger partial charge >= 0.3 is 0 Å². The highest BCUT2D eigenvalue weighted by molar-refractivity contribution is 5.81. The van der Waals surface area contributed by atoms with Crippen LogP contribution in [0.4, 0.5) is 0 Å². The zero-order chi connectivity index (χ0) is 20.6. The number of piperidine rings is 1. The molecule has 2 fully saturated rings. The largest absolute Gasteiger partial charge is 0.497 e. The standard InChI is InChI=1S/C23H30N4O3/c1-29-19-6-4-17(5-7-19)14-25-21(28)20-16-27-13-10-24-22(27)23(30-20)8-11-26(12-9-23)15-18-2-3-18/h4-7,10,13,18,20H,2-3,8-9,11-12,14-16H2,1H3,(H,25,28)/t20-/m1/s1. The van der Waals surface area contributed by atoms with Gasteiger partial charge in [-0.1, -0.05) is 12.1 Å². The Labute approximate surface area is 177 Å². The summed E-state index contributed by atoms with van der Waals surface area (Å²) in [5, 5.41) is 3.05. The average molecular weight is 411 g/mol. The molecule has 160 valence electrons. The van der Waals surface area contributed by atoms with Gasteiger partial charge in [-0.2, -0.15) is 0 Å². The minimum atomic E-state index is -0.500. The van der Waals surface area contributed by atoms with E-state index in [1.807, 2.05) is 36.7 Å². The van der Waals surface area contributed by atoms with Gasteiger partial charge in [0.05, 0.1) is 13.7 Å². The van der Waals surface area contributed by atoms with Gasteiger partial charge in [-0.3, -0.25) is 4.79 Å². The Morgan fingerprint density at radius 2 is 2.03 bits per heavy atom. The number of carbonyl (C=O) groups is 1. The van der Waals surface area contributed by atoms with Crippen LogP contribution in [0.1, 0.15) is 37.1 Å². The minimum absolute atomic E-state index is 0.0649. The molecule has 2 aliphatic heterocycles. The van der Waals surface area contributed by atoms with Crippen LogP contribution >= 0.6 is 0 Å². The molecular formula is C23H30N4O3. The van der Waals surface area contributed by atoms with Crippen LogP contribution < -0.4 is 10.1 Å². The van der Waals surface area contributed by atoms with E-state index in [1.54, 1.807) is 7.11 Å². The first-order chi connectivity index (χ1) is 14.6. The maximum Gasteiger partial charge on any atom is 0.251 e. The van der Waals surface area contributed by atoms with E-state index in [0.29, 0.717) is 13.1 Å². The Balaban J connectivity index is 1.24. The number of aromatic nitrogens is 2. The van der Waals surface area contributed by atoms with Crippen molar-refractivity contribution in [2.75, 3.05) is 26.7 Å². The van der Waals surface area contributed by atoms with Crippen LogP contribution in [0.25, 0.3) is 0 Å². The highest BCUT2D eigenvalue weighted by atomic mass is 16.5. The van der Waals surface area contributed by atoms with Crippen LogP contribution in [-0.2, 0) is 28.2 Å². The van der Waals surface area contributed by atoms with E-state index >= 15 is 0 Å². The van der Waals surface area contributed by atoms with E-state index in [0.717, 1.165) is 49.0 Å². The number of fused-ring (bicyclic) bond motifs is 2. The molecule has 7 nitrogen and oxygen atoms in total. The second-order valence-corrected chi connectivity index (χ2v) is 8.81. The summed E-state index contributed by atoms with van der Waals surface area (Å²) in [6.45, 7) is 4.20. The van der Waals surface area contributed by atoms with Crippen LogP contribution in [0.5, 0.6) is 5.75 Å². The Hall–Kier alpha value is -2.38. The molecule has 1 N–H and O–H groups in total. The van der Waals surface area contributed by atoms with E-state index in [1.165, 1.54) is 19.4 Å². The quantitative estimate of drug-likeness (QED) is 0.792. The molecule has 7 heteroatoms. The summed E-state index contributed by atoms with van der Waals surface area (Å²) in [6, 6.07) is 7.74. The first-order valence-electron chi connectivity index (χ1n) is 11.0. The second kappa shape index (κ2) is 8.04. The number of hydrogen-bond acceptors (Lipinski definition) is 5. The van der Waals surface area contributed by atoms with Crippen molar-refractivity contribution < 1.29 is 14.3 Å². The van der Waals surface area contributed by atoms with E-state index in [-0.39, 0.29) is 5.91 Å². The fourth-order valence-electron chi connectivity index (χ4n) is 4.68. The van der Waals surface area contributed by atoms with Gasteiger partial charge in [0.15, 0.2) is 6.10 Å². The van der Waals surface area contributed by atoms with Crippen molar-refractivity contribution in [2.45, 2.75) is 50.5 Å². The number of carbonyl (C=O) groups excluding carboxylic acids is 1. The van der Waals surface area contributed by atoms with E-state index < -0.39 is 11.7 Å². The SMILES string of the molecule is COc1ccc(CNC(=O)[C@H]2Cn3ccnc3C3(CCN(CC4CC4)CC3)O2)cc1. The predicted molar refractivity (Wildman–Crippen MR) is 112 cm³/mol. The molecule has 1 saturated carbocycles. The number of amides is 1. The van der Waals surface area contributed by atoms with Gasteiger partial charge in [0, 0.05) is 38.6 Å². The molecular weight excluding hydrogens is 380 g/mol. The number of imidazole rings is 1. The van der Waals surface area contributed by atoms with Crippen LogP contribution in [-0.4, -0.2) is 53.2 Å². The highest BCUT2D eigenvalue weighted by Gasteiger charge is 2.47. The van der Waals surface area contributed by atoms with E-state index in [2.05, 4.69) is 19.8 Å². The summed E-state index contributed by atoms with van der Waals surface area (Å²) in [7, 11) is 1.65. The first-order valence-corrected chi connectivity index (χ1v) is 11.0. The molecule has 3 heterocycles. The summed E-state index contributed by atoms with van der Waals surface area (Å²) in [6.07, 6.45) is 7.82. The van der Waals surface area contributed by atoms with E-state index in [9.17, 15) is 4.79 Å². The molecule has 1 amide bonds. The molecule has 0 bridgehead atoms. The summed E-state index contributed by atoms with van der Waals surface area (Å²) in [5.41, 5.74) is 0.579. The van der Waals surface area contributed by atoms with Gasteiger partial charge in [0.2, 0.25) is 0 Å². The topological polar surface area (TPSA) is 68.6 Å². The maximum atomic E-state index is 13.0. The number of nitrogens with zero attached hydrogens (tertiary/aromatic N) is 3. The predicted octanol–water partition coefficient (Wildman–Crippen LogP) is 2.31. The lowest BCUT2D eigenvalue weighted by molar-refractivity contribution is -0.173. The molecule has 1 aromatic carbocycles. The van der Waals surface area contributed by atoms with Gasteiger partial charge in [-0.25, -0.2) is 4.98 Å². The fourth-order valence-corrected chi connectivity index (χ4v) is 4.68. The Kier molecular flexibility index (Phi) is 5.25. The number of likely N-dealkylation sites (tertiary alicyclic amines) is 1. The average Bonchev–Trinajstić information content (AvgIpc) is 3.46. The smallest absolute Gasteiger partial charge is 0.251 e. The van der Waals surface area contributed by atoms with Crippen molar-refractivity contribution in [1.29, 1.82) is 0 Å². The molecule has 0 unspecified atom stereocenters. The Bertz CT molecular complexity index is 882. The van der Waals surface area contributed by atoms with Crippen LogP contribution in [0.15, 0.2) is 36.7 Å². The van der Waals surface area contributed by atoms with Gasteiger partial charge < -0.3 is 24.3 Å². The third-order valence-corrected chi connectivity index (χ3v) is 6.65. The van der Waals surface area contributed by atoms with Crippen LogP contribution in [0.2, 0.25) is 0 Å². The van der Waals surface area contributed by atoms with Gasteiger partial charge in [0.1, 0.15) is 17.2 Å². The number of nitrogens with one attached hydrogen (secondary N) is 1. The second-order valence-electron chi connectivity index (χ2n) is 8.81. The Morgan fingerprint density at radius 1 is 1.27 bits per heavy atom. The number of benzene rings is 1. The summed E-state index contributed by atoms with van der Waals surface area (Å²) in [4.78, 5) is 20.1. The number of hydrogen-bond donors (Lipinski definition) is 1. The number of rotatable bonds is 6. The number of ether oxygens (including phenoxy) is 2. The highest BCUT2D eigenvalue weighted by Crippen LogP contribution is 2.41. The van der Waals surface area contributed by atoms with E-state index in [4.69, 9.17) is 9.47 Å². The van der Waals surface area contributed by atoms with Gasteiger partial charge in [-0.15, -0.1) is 0 Å². The fraction of sp³-hybridized carbons (Fsp3) is 0.565. The first kappa shape index (κ1) is 19.6. The minimum Gasteiger partial charge on any atom is -0.497 e. The van der Waals surface area contributed by atoms with Crippen molar-refractivity contribution in [3.05, 3.63) is 48.0 Å². The van der Waals surface area contributed by atoms with Crippen LogP contribution in [0, 0.1) is 5.92 Å². The zero-order valence-electron chi connectivity index (χ0n) is 17.5. The molecule has 1 saturated heterocycles. The van der Waals surface area contributed by atoms with Crippen molar-refractivity contribution in [3.63, 3.8) is 0 Å².